The first-order chi connectivity index (χ1) is 11.6. The summed E-state index contributed by atoms with van der Waals surface area (Å²) < 4.78 is 26.1. The molecule has 2 aromatic rings. The molecule has 0 fully saturated rings. The van der Waals surface area contributed by atoms with Crippen LogP contribution >= 0.6 is 0 Å². The number of carbonyl (C=O) groups excluding carboxylic acids is 2. The maximum absolute atomic E-state index is 13.2. The van der Waals surface area contributed by atoms with Gasteiger partial charge in [0, 0.05) is 0 Å². The number of fused-ring (bicyclic) bond motifs is 1. The lowest BCUT2D eigenvalue weighted by molar-refractivity contribution is 0.0666. The Morgan fingerprint density at radius 2 is 1.54 bits per heavy atom. The summed E-state index contributed by atoms with van der Waals surface area (Å²) in [5.41, 5.74) is 1.89. The minimum atomic E-state index is -0.406. The average Bonchev–Trinajstić information content (AvgIpc) is 2.85. The van der Waals surface area contributed by atoms with Crippen LogP contribution in [0, 0.1) is 5.82 Å². The van der Waals surface area contributed by atoms with Crippen LogP contribution < -0.4 is 0 Å². The first kappa shape index (κ1) is 16.1. The Balaban J connectivity index is 1.67. The van der Waals surface area contributed by atoms with E-state index in [0.717, 1.165) is 10.5 Å². The van der Waals surface area contributed by atoms with E-state index in [9.17, 15) is 18.4 Å². The number of imide groups is 1. The Labute approximate surface area is 138 Å². The number of carbonyl (C=O) groups is 2. The van der Waals surface area contributed by atoms with Crippen LogP contribution in [0.2, 0.25) is 0 Å². The molecular weight excluding hydrogens is 312 g/mol. The van der Waals surface area contributed by atoms with Crippen molar-refractivity contribution in [3.63, 3.8) is 0 Å². The van der Waals surface area contributed by atoms with Crippen molar-refractivity contribution < 1.29 is 18.4 Å². The first-order valence-electron chi connectivity index (χ1n) is 7.58. The molecule has 0 spiro atoms. The predicted octanol–water partition coefficient (Wildman–Crippen LogP) is 3.91. The Hall–Kier alpha value is -2.82. The Kier molecular flexibility index (Phi) is 4.51. The largest absolute Gasteiger partial charge is 0.270 e. The van der Waals surface area contributed by atoms with E-state index in [2.05, 4.69) is 0 Å². The molecule has 3 nitrogen and oxygen atoms in total. The molecule has 1 aliphatic heterocycles. The molecule has 2 amide bonds. The van der Waals surface area contributed by atoms with Crippen molar-refractivity contribution in [3.8, 4) is 0 Å². The zero-order chi connectivity index (χ0) is 17.1. The van der Waals surface area contributed by atoms with E-state index in [0.29, 0.717) is 35.9 Å². The van der Waals surface area contributed by atoms with Crippen LogP contribution in [0.25, 0.3) is 0 Å². The summed E-state index contributed by atoms with van der Waals surface area (Å²) in [7, 11) is 0. The molecule has 0 radical (unpaired) electrons. The maximum Gasteiger partial charge on any atom is 0.261 e. The van der Waals surface area contributed by atoms with E-state index in [1.807, 2.05) is 0 Å². The summed E-state index contributed by atoms with van der Waals surface area (Å²) >= 11 is 0. The van der Waals surface area contributed by atoms with Crippen LogP contribution in [0.1, 0.15) is 32.7 Å². The fourth-order valence-electron chi connectivity index (χ4n) is 2.71. The quantitative estimate of drug-likeness (QED) is 0.781. The minimum absolute atomic E-state index is 0.0793. The van der Waals surface area contributed by atoms with Crippen molar-refractivity contribution in [3.05, 3.63) is 82.9 Å². The molecule has 5 heteroatoms. The lowest BCUT2D eigenvalue weighted by Crippen LogP contribution is -2.31. The summed E-state index contributed by atoms with van der Waals surface area (Å²) in [6.07, 6.45) is 1.28. The molecule has 2 aromatic carbocycles. The van der Waals surface area contributed by atoms with Gasteiger partial charge in [0.25, 0.3) is 11.8 Å². The van der Waals surface area contributed by atoms with Gasteiger partial charge in [0.15, 0.2) is 0 Å². The molecular formula is C19H15F2NO2. The van der Waals surface area contributed by atoms with Crippen LogP contribution in [-0.2, 0) is 6.42 Å². The fraction of sp³-hybridized carbons (Fsp3) is 0.158. The summed E-state index contributed by atoms with van der Waals surface area (Å²) in [5, 5.41) is 0. The monoisotopic (exact) mass is 327 g/mol. The molecule has 24 heavy (non-hydrogen) atoms. The van der Waals surface area contributed by atoms with E-state index in [4.69, 9.17) is 0 Å². The molecule has 122 valence electrons. The third-order valence-electron chi connectivity index (χ3n) is 4.04. The number of nitrogens with zero attached hydrogens (tertiary/aromatic N) is 1. The molecule has 1 heterocycles. The molecule has 0 saturated carbocycles. The van der Waals surface area contributed by atoms with Crippen LogP contribution in [0.3, 0.4) is 0 Å². The highest BCUT2D eigenvalue weighted by atomic mass is 19.1. The van der Waals surface area contributed by atoms with Crippen molar-refractivity contribution >= 4 is 11.8 Å². The second-order valence-corrected chi connectivity index (χ2v) is 5.64. The van der Waals surface area contributed by atoms with E-state index >= 15 is 0 Å². The predicted molar refractivity (Wildman–Crippen MR) is 85.7 cm³/mol. The highest BCUT2D eigenvalue weighted by molar-refractivity contribution is 6.21. The van der Waals surface area contributed by atoms with Crippen LogP contribution in [-0.4, -0.2) is 23.3 Å². The summed E-state index contributed by atoms with van der Waals surface area (Å²) in [6, 6.07) is 12.5. The number of halogens is 2. The molecule has 1 aliphatic rings. The van der Waals surface area contributed by atoms with Gasteiger partial charge in [0.05, 0.1) is 24.0 Å². The lowest BCUT2D eigenvalue weighted by Gasteiger charge is -2.15. The Bertz CT molecular complexity index is 777. The van der Waals surface area contributed by atoms with Gasteiger partial charge in [-0.3, -0.25) is 14.5 Å². The normalized spacial score (nSPS) is 14.2. The van der Waals surface area contributed by atoms with Gasteiger partial charge in [-0.05, 0) is 48.2 Å². The standard InChI is InChI=1S/C19H15F2NO2/c20-11-14(6-5-13-7-9-15(21)10-8-13)12-22-18(23)16-3-1-2-4-17(16)19(22)24/h1-4,7-11H,5-6,12H2. The smallest absolute Gasteiger partial charge is 0.261 e. The van der Waals surface area contributed by atoms with Crippen molar-refractivity contribution in [2.45, 2.75) is 12.8 Å². The van der Waals surface area contributed by atoms with Gasteiger partial charge in [0.2, 0.25) is 0 Å². The van der Waals surface area contributed by atoms with E-state index in [1.165, 1.54) is 12.1 Å². The van der Waals surface area contributed by atoms with Gasteiger partial charge in [-0.1, -0.05) is 24.3 Å². The van der Waals surface area contributed by atoms with Crippen molar-refractivity contribution in [1.82, 2.24) is 4.90 Å². The molecule has 0 aromatic heterocycles. The van der Waals surface area contributed by atoms with Crippen LogP contribution in [0.5, 0.6) is 0 Å². The number of hydrogen-bond acceptors (Lipinski definition) is 2. The SMILES string of the molecule is O=C1c2ccccc2C(=O)N1CC(=CF)CCc1ccc(F)cc1. The summed E-state index contributed by atoms with van der Waals surface area (Å²) in [5.74, 6) is -1.14. The third kappa shape index (κ3) is 3.11. The highest BCUT2D eigenvalue weighted by Gasteiger charge is 2.35. The van der Waals surface area contributed by atoms with Gasteiger partial charge in [-0.2, -0.15) is 0 Å². The molecule has 0 atom stereocenters. The molecule has 0 aliphatic carbocycles. The Morgan fingerprint density at radius 3 is 2.08 bits per heavy atom. The average molecular weight is 327 g/mol. The van der Waals surface area contributed by atoms with Gasteiger partial charge in [-0.25, -0.2) is 8.78 Å². The van der Waals surface area contributed by atoms with Gasteiger partial charge >= 0.3 is 0 Å². The molecule has 3 rings (SSSR count). The molecule has 0 unspecified atom stereocenters. The number of hydrogen-bond donors (Lipinski definition) is 0. The number of benzene rings is 2. The summed E-state index contributed by atoms with van der Waals surface area (Å²) in [6.45, 7) is -0.0793. The van der Waals surface area contributed by atoms with Crippen LogP contribution in [0.15, 0.2) is 60.4 Å². The zero-order valence-corrected chi connectivity index (χ0v) is 12.8. The number of aryl methyl sites for hydroxylation is 1. The lowest BCUT2D eigenvalue weighted by atomic mass is 10.1. The maximum atomic E-state index is 13.2. The molecule has 0 bridgehead atoms. The second-order valence-electron chi connectivity index (χ2n) is 5.64. The van der Waals surface area contributed by atoms with Crippen molar-refractivity contribution in [2.75, 3.05) is 6.54 Å². The van der Waals surface area contributed by atoms with E-state index < -0.39 is 11.8 Å². The van der Waals surface area contributed by atoms with E-state index in [1.54, 1.807) is 36.4 Å². The third-order valence-corrected chi connectivity index (χ3v) is 4.04. The van der Waals surface area contributed by atoms with Gasteiger partial charge < -0.3 is 0 Å². The molecule has 0 N–H and O–H groups in total. The summed E-state index contributed by atoms with van der Waals surface area (Å²) in [4.78, 5) is 25.6. The van der Waals surface area contributed by atoms with E-state index in [-0.39, 0.29) is 12.4 Å². The van der Waals surface area contributed by atoms with Gasteiger partial charge in [-0.15, -0.1) is 0 Å². The topological polar surface area (TPSA) is 37.4 Å². The van der Waals surface area contributed by atoms with Crippen molar-refractivity contribution in [1.29, 1.82) is 0 Å². The number of rotatable bonds is 5. The Morgan fingerprint density at radius 1 is 0.958 bits per heavy atom. The highest BCUT2D eigenvalue weighted by Crippen LogP contribution is 2.24. The zero-order valence-electron chi connectivity index (χ0n) is 12.8. The van der Waals surface area contributed by atoms with Crippen molar-refractivity contribution in [2.24, 2.45) is 0 Å². The molecule has 0 saturated heterocycles. The minimum Gasteiger partial charge on any atom is -0.270 e. The fourth-order valence-corrected chi connectivity index (χ4v) is 2.71. The van der Waals surface area contributed by atoms with Gasteiger partial charge in [0.1, 0.15) is 5.82 Å². The first-order valence-corrected chi connectivity index (χ1v) is 7.58. The van der Waals surface area contributed by atoms with Crippen LogP contribution in [0.4, 0.5) is 8.78 Å². The number of amides is 2. The second kappa shape index (κ2) is 6.74.